The third kappa shape index (κ3) is 8.83. The Morgan fingerprint density at radius 3 is 2.17 bits per heavy atom. The maximum Gasteiger partial charge on any atom is 0.244 e. The molecule has 0 saturated heterocycles. The van der Waals surface area contributed by atoms with Gasteiger partial charge in [0.1, 0.15) is 12.6 Å². The van der Waals surface area contributed by atoms with E-state index in [1.54, 1.807) is 30.3 Å². The molecule has 0 saturated carbocycles. The van der Waals surface area contributed by atoms with Gasteiger partial charge in [-0.05, 0) is 60.7 Å². The number of aryl methyl sites for hydroxylation is 2. The summed E-state index contributed by atoms with van der Waals surface area (Å²) in [5.41, 5.74) is 3.69. The van der Waals surface area contributed by atoms with Gasteiger partial charge in [0.2, 0.25) is 21.8 Å². The third-order valence-corrected chi connectivity index (χ3v) is 8.08. The minimum absolute atomic E-state index is 0.0433. The van der Waals surface area contributed by atoms with Crippen molar-refractivity contribution in [3.8, 4) is 0 Å². The lowest BCUT2D eigenvalue weighted by Crippen LogP contribution is -2.53. The summed E-state index contributed by atoms with van der Waals surface area (Å²) in [6.07, 6.45) is 3.05. The van der Waals surface area contributed by atoms with Gasteiger partial charge in [0.05, 0.1) is 11.9 Å². The van der Waals surface area contributed by atoms with Gasteiger partial charge in [0.15, 0.2) is 0 Å². The van der Waals surface area contributed by atoms with Crippen LogP contribution in [0.1, 0.15) is 42.0 Å². The van der Waals surface area contributed by atoms with Crippen LogP contribution in [0.4, 0.5) is 5.69 Å². The van der Waals surface area contributed by atoms with Gasteiger partial charge in [0, 0.05) is 24.5 Å². The molecule has 3 aromatic rings. The van der Waals surface area contributed by atoms with Crippen LogP contribution in [0.3, 0.4) is 0 Å². The van der Waals surface area contributed by atoms with E-state index < -0.39 is 28.5 Å². The Morgan fingerprint density at radius 2 is 1.57 bits per heavy atom. The highest BCUT2D eigenvalue weighted by Gasteiger charge is 2.33. The van der Waals surface area contributed by atoms with Gasteiger partial charge in [-0.25, -0.2) is 8.42 Å². The van der Waals surface area contributed by atoms with Crippen LogP contribution in [-0.2, 0) is 32.6 Å². The van der Waals surface area contributed by atoms with Crippen molar-refractivity contribution < 1.29 is 18.0 Å². The molecule has 40 heavy (non-hydrogen) atoms. The first-order chi connectivity index (χ1) is 19.0. The number of hydrogen-bond acceptors (Lipinski definition) is 4. The molecular weight excluding hydrogens is 546 g/mol. The van der Waals surface area contributed by atoms with Crippen LogP contribution in [0.15, 0.2) is 72.8 Å². The first-order valence-corrected chi connectivity index (χ1v) is 15.6. The van der Waals surface area contributed by atoms with Crippen LogP contribution in [-0.4, -0.2) is 50.5 Å². The quantitative estimate of drug-likeness (QED) is 0.277. The molecule has 2 amide bonds. The SMILES string of the molecule is CCCCNC(=O)[C@@H](Cc1ccccc1)N(Cc1ccccc1Cl)C(=O)CN(c1cc(C)cc(C)c1)S(C)(=O)=O. The van der Waals surface area contributed by atoms with E-state index >= 15 is 0 Å². The van der Waals surface area contributed by atoms with Crippen LogP contribution in [0.25, 0.3) is 0 Å². The van der Waals surface area contributed by atoms with Crippen molar-refractivity contribution in [1.29, 1.82) is 0 Å². The van der Waals surface area contributed by atoms with Gasteiger partial charge in [-0.1, -0.05) is 79.5 Å². The van der Waals surface area contributed by atoms with E-state index in [2.05, 4.69) is 5.32 Å². The Morgan fingerprint density at radius 1 is 0.950 bits per heavy atom. The fraction of sp³-hybridized carbons (Fsp3) is 0.355. The molecule has 0 fully saturated rings. The summed E-state index contributed by atoms with van der Waals surface area (Å²) in [5.74, 6) is -0.800. The van der Waals surface area contributed by atoms with Gasteiger partial charge in [-0.3, -0.25) is 13.9 Å². The number of halogens is 1. The van der Waals surface area contributed by atoms with E-state index in [4.69, 9.17) is 11.6 Å². The van der Waals surface area contributed by atoms with E-state index in [1.807, 2.05) is 63.2 Å². The lowest BCUT2D eigenvalue weighted by molar-refractivity contribution is -0.140. The molecule has 3 aromatic carbocycles. The van der Waals surface area contributed by atoms with Crippen molar-refractivity contribution in [2.24, 2.45) is 0 Å². The fourth-order valence-electron chi connectivity index (χ4n) is 4.58. The summed E-state index contributed by atoms with van der Waals surface area (Å²) >= 11 is 6.48. The first kappa shape index (κ1) is 31.2. The molecule has 7 nitrogen and oxygen atoms in total. The molecule has 0 unspecified atom stereocenters. The summed E-state index contributed by atoms with van der Waals surface area (Å²) in [6, 6.07) is 21.1. The summed E-state index contributed by atoms with van der Waals surface area (Å²) < 4.78 is 27.0. The third-order valence-electron chi connectivity index (χ3n) is 6.57. The molecule has 0 aromatic heterocycles. The number of nitrogens with one attached hydrogen (secondary N) is 1. The maximum absolute atomic E-state index is 14.1. The molecule has 1 atom stereocenters. The largest absolute Gasteiger partial charge is 0.354 e. The Bertz CT molecular complexity index is 1390. The summed E-state index contributed by atoms with van der Waals surface area (Å²) in [5, 5.41) is 3.43. The van der Waals surface area contributed by atoms with Crippen molar-refractivity contribution in [3.05, 3.63) is 100 Å². The van der Waals surface area contributed by atoms with Gasteiger partial charge < -0.3 is 10.2 Å². The summed E-state index contributed by atoms with van der Waals surface area (Å²) in [6.45, 7) is 5.85. The zero-order valence-electron chi connectivity index (χ0n) is 23.6. The molecule has 9 heteroatoms. The van der Waals surface area contributed by atoms with Gasteiger partial charge >= 0.3 is 0 Å². The minimum atomic E-state index is -3.82. The van der Waals surface area contributed by atoms with Gasteiger partial charge in [0.25, 0.3) is 0 Å². The zero-order valence-corrected chi connectivity index (χ0v) is 25.1. The second kappa shape index (κ2) is 14.3. The number of benzene rings is 3. The first-order valence-electron chi connectivity index (χ1n) is 13.4. The van der Waals surface area contributed by atoms with E-state index in [0.29, 0.717) is 22.8 Å². The number of rotatable bonds is 13. The molecule has 0 radical (unpaired) electrons. The Kier molecular flexibility index (Phi) is 11.2. The Hall–Kier alpha value is -3.36. The highest BCUT2D eigenvalue weighted by atomic mass is 35.5. The fourth-order valence-corrected chi connectivity index (χ4v) is 5.61. The number of anilines is 1. The van der Waals surface area contributed by atoms with Crippen molar-refractivity contribution >= 4 is 39.1 Å². The molecule has 0 bridgehead atoms. The topological polar surface area (TPSA) is 86.8 Å². The number of carbonyl (C=O) groups excluding carboxylic acids is 2. The van der Waals surface area contributed by atoms with Crippen molar-refractivity contribution in [3.63, 3.8) is 0 Å². The molecule has 3 rings (SSSR count). The summed E-state index contributed by atoms with van der Waals surface area (Å²) in [4.78, 5) is 29.2. The highest BCUT2D eigenvalue weighted by molar-refractivity contribution is 7.92. The molecule has 0 aliphatic carbocycles. The molecule has 214 valence electrons. The molecule has 0 aliphatic rings. The molecule has 1 N–H and O–H groups in total. The molecular formula is C31H38ClN3O4S. The van der Waals surface area contributed by atoms with E-state index in [9.17, 15) is 18.0 Å². The Balaban J connectivity index is 2.06. The van der Waals surface area contributed by atoms with Crippen LogP contribution in [0.2, 0.25) is 5.02 Å². The lowest BCUT2D eigenvalue weighted by Gasteiger charge is -2.33. The average molecular weight is 584 g/mol. The predicted octanol–water partition coefficient (Wildman–Crippen LogP) is 5.28. The van der Waals surface area contributed by atoms with Crippen molar-refractivity contribution in [2.45, 2.75) is 52.6 Å². The van der Waals surface area contributed by atoms with E-state index in [-0.39, 0.29) is 18.9 Å². The maximum atomic E-state index is 14.1. The average Bonchev–Trinajstić information content (AvgIpc) is 2.89. The smallest absolute Gasteiger partial charge is 0.244 e. The predicted molar refractivity (Wildman–Crippen MR) is 162 cm³/mol. The van der Waals surface area contributed by atoms with Crippen LogP contribution >= 0.6 is 11.6 Å². The second-order valence-corrected chi connectivity index (χ2v) is 12.4. The minimum Gasteiger partial charge on any atom is -0.354 e. The van der Waals surface area contributed by atoms with E-state index in [1.165, 1.54) is 4.90 Å². The number of nitrogens with zero attached hydrogens (tertiary/aromatic N) is 2. The van der Waals surface area contributed by atoms with Crippen molar-refractivity contribution in [1.82, 2.24) is 10.2 Å². The molecule has 0 heterocycles. The lowest BCUT2D eigenvalue weighted by atomic mass is 10.0. The number of hydrogen-bond donors (Lipinski definition) is 1. The van der Waals surface area contributed by atoms with Crippen LogP contribution in [0.5, 0.6) is 0 Å². The Labute approximate surface area is 243 Å². The molecule has 0 aliphatic heterocycles. The second-order valence-electron chi connectivity index (χ2n) is 10.1. The summed E-state index contributed by atoms with van der Waals surface area (Å²) in [7, 11) is -3.82. The standard InChI is InChI=1S/C31H38ClN3O4S/c1-5-6-16-33-31(37)29(20-25-12-8-7-9-13-25)34(21-26-14-10-11-15-28(26)32)30(36)22-35(40(4,38)39)27-18-23(2)17-24(3)19-27/h7-15,17-19,29H,5-6,16,20-22H2,1-4H3,(H,33,37)/t29-/m1/s1. The monoisotopic (exact) mass is 583 g/mol. The molecule has 0 spiro atoms. The number of amides is 2. The number of carbonyl (C=O) groups is 2. The van der Waals surface area contributed by atoms with Crippen molar-refractivity contribution in [2.75, 3.05) is 23.7 Å². The highest BCUT2D eigenvalue weighted by Crippen LogP contribution is 2.24. The van der Waals surface area contributed by atoms with E-state index in [0.717, 1.165) is 40.1 Å². The number of unbranched alkanes of at least 4 members (excludes halogenated alkanes) is 1. The van der Waals surface area contributed by atoms with Crippen LogP contribution < -0.4 is 9.62 Å². The normalized spacial score (nSPS) is 12.0. The zero-order chi connectivity index (χ0) is 29.3. The van der Waals surface area contributed by atoms with Crippen LogP contribution in [0, 0.1) is 13.8 Å². The number of sulfonamides is 1. The van der Waals surface area contributed by atoms with Gasteiger partial charge in [-0.15, -0.1) is 0 Å². The van der Waals surface area contributed by atoms with Gasteiger partial charge in [-0.2, -0.15) is 0 Å².